The first kappa shape index (κ1) is 21.1. The van der Waals surface area contributed by atoms with Gasteiger partial charge in [0.05, 0.1) is 6.04 Å². The number of phenols is 2. The molecule has 1 amide bonds. The number of likely N-dealkylation sites (N-methyl/N-ethyl adjacent to an activating group) is 1. The summed E-state index contributed by atoms with van der Waals surface area (Å²) in [6, 6.07) is 12.8. The van der Waals surface area contributed by atoms with Crippen LogP contribution in [0.15, 0.2) is 42.5 Å². The quantitative estimate of drug-likeness (QED) is 0.597. The monoisotopic (exact) mass is 397 g/mol. The number of benzene rings is 2. The van der Waals surface area contributed by atoms with E-state index >= 15 is 0 Å². The minimum atomic E-state index is -0.266. The molecule has 0 spiro atoms. The third-order valence-electron chi connectivity index (χ3n) is 5.70. The first-order chi connectivity index (χ1) is 14.0. The topological polar surface area (TPSA) is 76.0 Å². The smallest absolute Gasteiger partial charge is 0.237 e. The van der Waals surface area contributed by atoms with E-state index in [2.05, 4.69) is 41.1 Å². The van der Waals surface area contributed by atoms with Crippen LogP contribution in [0, 0.1) is 0 Å². The maximum absolute atomic E-state index is 13.0. The maximum atomic E-state index is 13.0. The van der Waals surface area contributed by atoms with Crippen molar-refractivity contribution >= 4 is 5.91 Å². The Bertz CT molecular complexity index is 836. The second-order valence-electron chi connectivity index (χ2n) is 7.53. The lowest BCUT2D eigenvalue weighted by atomic mass is 9.93. The highest BCUT2D eigenvalue weighted by Gasteiger charge is 2.31. The van der Waals surface area contributed by atoms with Crippen LogP contribution in [-0.2, 0) is 24.3 Å². The van der Waals surface area contributed by atoms with Crippen LogP contribution in [-0.4, -0.2) is 58.1 Å². The van der Waals surface area contributed by atoms with Gasteiger partial charge in [0.15, 0.2) is 11.5 Å². The summed E-state index contributed by atoms with van der Waals surface area (Å²) in [5.74, 6) is -0.238. The van der Waals surface area contributed by atoms with E-state index in [4.69, 9.17) is 0 Å². The van der Waals surface area contributed by atoms with Crippen LogP contribution >= 0.6 is 0 Å². The molecule has 0 bridgehead atoms. The number of carbonyl (C=O) groups is 1. The number of hydrogen-bond acceptors (Lipinski definition) is 5. The molecule has 2 aromatic carbocycles. The SMILES string of the molecule is CCN(CC)CCNC(=O)C1Cc2ccccc2CN1Cc1ccc(O)c(O)c1. The molecular formula is C23H31N3O3. The lowest BCUT2D eigenvalue weighted by Gasteiger charge is -2.36. The van der Waals surface area contributed by atoms with Crippen molar-refractivity contribution in [2.24, 2.45) is 0 Å². The summed E-state index contributed by atoms with van der Waals surface area (Å²) in [6.07, 6.45) is 0.664. The molecule has 0 radical (unpaired) electrons. The second-order valence-corrected chi connectivity index (χ2v) is 7.53. The average Bonchev–Trinajstić information content (AvgIpc) is 2.73. The molecule has 1 atom stereocenters. The van der Waals surface area contributed by atoms with Crippen molar-refractivity contribution in [1.29, 1.82) is 0 Å². The average molecular weight is 398 g/mol. The number of rotatable bonds is 8. The molecule has 29 heavy (non-hydrogen) atoms. The van der Waals surface area contributed by atoms with E-state index in [1.54, 1.807) is 12.1 Å². The van der Waals surface area contributed by atoms with E-state index in [1.807, 2.05) is 12.1 Å². The number of amides is 1. The van der Waals surface area contributed by atoms with Crippen molar-refractivity contribution < 1.29 is 15.0 Å². The minimum absolute atomic E-state index is 0.0367. The standard InChI is InChI=1S/C23H31N3O3/c1-3-25(4-2)12-11-24-23(29)20-14-18-7-5-6-8-19(18)16-26(20)15-17-9-10-21(27)22(28)13-17/h5-10,13,20,27-28H,3-4,11-12,14-16H2,1-2H3,(H,24,29). The second kappa shape index (κ2) is 9.76. The van der Waals surface area contributed by atoms with E-state index in [-0.39, 0.29) is 23.4 Å². The van der Waals surface area contributed by atoms with Crippen molar-refractivity contribution in [2.75, 3.05) is 26.2 Å². The van der Waals surface area contributed by atoms with E-state index in [0.29, 0.717) is 26.1 Å². The molecule has 3 rings (SSSR count). The molecule has 1 aliphatic heterocycles. The third-order valence-corrected chi connectivity index (χ3v) is 5.70. The number of hydrogen-bond donors (Lipinski definition) is 3. The molecule has 0 aliphatic carbocycles. The summed E-state index contributed by atoms with van der Waals surface area (Å²) in [6.45, 7) is 8.86. The van der Waals surface area contributed by atoms with Gasteiger partial charge in [-0.25, -0.2) is 0 Å². The Balaban J connectivity index is 1.73. The molecule has 1 aliphatic rings. The highest BCUT2D eigenvalue weighted by Crippen LogP contribution is 2.29. The molecule has 1 heterocycles. The number of aromatic hydroxyl groups is 2. The zero-order valence-corrected chi connectivity index (χ0v) is 17.3. The van der Waals surface area contributed by atoms with Gasteiger partial charge < -0.3 is 20.4 Å². The summed E-state index contributed by atoms with van der Waals surface area (Å²) in [5.41, 5.74) is 3.30. The van der Waals surface area contributed by atoms with Crippen LogP contribution in [0.5, 0.6) is 11.5 Å². The predicted octanol–water partition coefficient (Wildman–Crippen LogP) is 2.48. The zero-order valence-electron chi connectivity index (χ0n) is 17.3. The van der Waals surface area contributed by atoms with Gasteiger partial charge in [-0.2, -0.15) is 0 Å². The van der Waals surface area contributed by atoms with Gasteiger partial charge in [-0.1, -0.05) is 44.2 Å². The fraction of sp³-hybridized carbons (Fsp3) is 0.435. The first-order valence-corrected chi connectivity index (χ1v) is 10.3. The Morgan fingerprint density at radius 3 is 2.52 bits per heavy atom. The molecule has 6 nitrogen and oxygen atoms in total. The maximum Gasteiger partial charge on any atom is 0.237 e. The molecule has 156 valence electrons. The normalized spacial score (nSPS) is 16.6. The molecule has 2 aromatic rings. The largest absolute Gasteiger partial charge is 0.504 e. The number of carbonyl (C=O) groups excluding carboxylic acids is 1. The highest BCUT2D eigenvalue weighted by atomic mass is 16.3. The van der Waals surface area contributed by atoms with Crippen molar-refractivity contribution in [2.45, 2.75) is 39.4 Å². The van der Waals surface area contributed by atoms with Gasteiger partial charge in [0.1, 0.15) is 0 Å². The predicted molar refractivity (Wildman–Crippen MR) is 114 cm³/mol. The third kappa shape index (κ3) is 5.28. The minimum Gasteiger partial charge on any atom is -0.504 e. The molecule has 6 heteroatoms. The van der Waals surface area contributed by atoms with Gasteiger partial charge in [-0.05, 0) is 48.3 Å². The van der Waals surface area contributed by atoms with Crippen LogP contribution in [0.1, 0.15) is 30.5 Å². The highest BCUT2D eigenvalue weighted by molar-refractivity contribution is 5.82. The Morgan fingerprint density at radius 2 is 1.83 bits per heavy atom. The van der Waals surface area contributed by atoms with E-state index in [0.717, 1.165) is 25.2 Å². The number of fused-ring (bicyclic) bond motifs is 1. The van der Waals surface area contributed by atoms with Crippen LogP contribution in [0.25, 0.3) is 0 Å². The zero-order chi connectivity index (χ0) is 20.8. The van der Waals surface area contributed by atoms with Gasteiger partial charge in [-0.15, -0.1) is 0 Å². The molecule has 0 saturated heterocycles. The molecule has 0 fully saturated rings. The number of nitrogens with zero attached hydrogens (tertiary/aromatic N) is 2. The fourth-order valence-electron chi connectivity index (χ4n) is 3.90. The summed E-state index contributed by atoms with van der Waals surface area (Å²) in [5, 5.41) is 22.5. The lowest BCUT2D eigenvalue weighted by molar-refractivity contribution is -0.127. The summed E-state index contributed by atoms with van der Waals surface area (Å²) in [7, 11) is 0. The molecular weight excluding hydrogens is 366 g/mol. The van der Waals surface area contributed by atoms with Crippen molar-refractivity contribution in [3.63, 3.8) is 0 Å². The van der Waals surface area contributed by atoms with Gasteiger partial charge in [0.25, 0.3) is 0 Å². The van der Waals surface area contributed by atoms with Crippen LogP contribution < -0.4 is 5.32 Å². The van der Waals surface area contributed by atoms with Crippen molar-refractivity contribution in [3.8, 4) is 11.5 Å². The van der Waals surface area contributed by atoms with Gasteiger partial charge >= 0.3 is 0 Å². The Hall–Kier alpha value is -2.57. The van der Waals surface area contributed by atoms with Crippen LogP contribution in [0.2, 0.25) is 0 Å². The van der Waals surface area contributed by atoms with Crippen molar-refractivity contribution in [3.05, 3.63) is 59.2 Å². The Morgan fingerprint density at radius 1 is 1.10 bits per heavy atom. The summed E-state index contributed by atoms with van der Waals surface area (Å²) in [4.78, 5) is 17.5. The molecule has 0 saturated carbocycles. The van der Waals surface area contributed by atoms with E-state index < -0.39 is 0 Å². The van der Waals surface area contributed by atoms with Crippen LogP contribution in [0.3, 0.4) is 0 Å². The molecule has 3 N–H and O–H groups in total. The first-order valence-electron chi connectivity index (χ1n) is 10.3. The van der Waals surface area contributed by atoms with E-state index in [9.17, 15) is 15.0 Å². The molecule has 0 aromatic heterocycles. The van der Waals surface area contributed by atoms with E-state index in [1.165, 1.54) is 17.2 Å². The van der Waals surface area contributed by atoms with Gasteiger partial charge in [-0.3, -0.25) is 9.69 Å². The van der Waals surface area contributed by atoms with Gasteiger partial charge in [0, 0.05) is 26.2 Å². The summed E-state index contributed by atoms with van der Waals surface area (Å²) < 4.78 is 0. The lowest BCUT2D eigenvalue weighted by Crippen LogP contribution is -2.50. The van der Waals surface area contributed by atoms with Gasteiger partial charge in [0.2, 0.25) is 5.91 Å². The fourth-order valence-corrected chi connectivity index (χ4v) is 3.90. The Labute approximate surface area is 172 Å². The summed E-state index contributed by atoms with van der Waals surface area (Å²) >= 11 is 0. The molecule has 1 unspecified atom stereocenters. The van der Waals surface area contributed by atoms with Crippen LogP contribution in [0.4, 0.5) is 0 Å². The van der Waals surface area contributed by atoms with Crippen molar-refractivity contribution in [1.82, 2.24) is 15.1 Å². The number of nitrogens with one attached hydrogen (secondary N) is 1. The Kier molecular flexibility index (Phi) is 7.12. The number of phenolic OH excluding ortho intramolecular Hbond substituents is 2.